The zero-order valence-corrected chi connectivity index (χ0v) is 13.4. The van der Waals surface area contributed by atoms with Crippen molar-refractivity contribution in [3.05, 3.63) is 29.3 Å². The fourth-order valence-corrected chi connectivity index (χ4v) is 3.66. The smallest absolute Gasteiger partial charge is 0.235 e. The Hall–Kier alpha value is -1.11. The van der Waals surface area contributed by atoms with E-state index in [1.165, 1.54) is 24.3 Å². The molecule has 0 radical (unpaired) electrons. The Morgan fingerprint density at radius 1 is 1.38 bits per heavy atom. The molecule has 0 spiro atoms. The normalized spacial score (nSPS) is 22.8. The summed E-state index contributed by atoms with van der Waals surface area (Å²) in [5.74, 6) is -1.01. The predicted molar refractivity (Wildman–Crippen MR) is 82.1 cm³/mol. The van der Waals surface area contributed by atoms with E-state index in [1.54, 1.807) is 0 Å². The molecule has 1 fully saturated rings. The van der Waals surface area contributed by atoms with Crippen LogP contribution in [-0.2, 0) is 14.6 Å². The number of piperidine rings is 1. The van der Waals surface area contributed by atoms with Crippen LogP contribution in [0.2, 0.25) is 5.02 Å². The Kier molecular flexibility index (Phi) is 5.24. The van der Waals surface area contributed by atoms with E-state index < -0.39 is 21.5 Å². The van der Waals surface area contributed by atoms with E-state index >= 15 is 0 Å². The van der Waals surface area contributed by atoms with Crippen molar-refractivity contribution in [1.82, 2.24) is 10.6 Å². The molecule has 1 aromatic rings. The highest BCUT2D eigenvalue weighted by Crippen LogP contribution is 2.15. The predicted octanol–water partition coefficient (Wildman–Crippen LogP) is 1.37. The Balaban J connectivity index is 1.99. The van der Waals surface area contributed by atoms with Crippen LogP contribution < -0.4 is 10.6 Å². The van der Waals surface area contributed by atoms with Gasteiger partial charge >= 0.3 is 0 Å². The lowest BCUT2D eigenvalue weighted by Gasteiger charge is -2.30. The molecule has 0 saturated carbocycles. The molecule has 21 heavy (non-hydrogen) atoms. The molecular formula is C14H19ClN2O3S. The summed E-state index contributed by atoms with van der Waals surface area (Å²) in [4.78, 5) is 12.1. The summed E-state index contributed by atoms with van der Waals surface area (Å²) >= 11 is 5.73. The summed E-state index contributed by atoms with van der Waals surface area (Å²) in [5, 5.41) is 6.52. The van der Waals surface area contributed by atoms with Crippen LogP contribution in [0.1, 0.15) is 19.8 Å². The van der Waals surface area contributed by atoms with Crippen molar-refractivity contribution in [3.8, 4) is 0 Å². The third-order valence-electron chi connectivity index (χ3n) is 3.60. The molecule has 7 heteroatoms. The Morgan fingerprint density at radius 3 is 2.67 bits per heavy atom. The highest BCUT2D eigenvalue weighted by atomic mass is 35.5. The molecule has 1 aliphatic heterocycles. The molecule has 1 saturated heterocycles. The maximum absolute atomic E-state index is 12.2. The molecule has 1 heterocycles. The summed E-state index contributed by atoms with van der Waals surface area (Å²) < 4.78 is 24.3. The van der Waals surface area contributed by atoms with Crippen LogP contribution in [0, 0.1) is 0 Å². The van der Waals surface area contributed by atoms with Crippen molar-refractivity contribution in [1.29, 1.82) is 0 Å². The molecule has 0 bridgehead atoms. The maximum atomic E-state index is 12.2. The average molecular weight is 331 g/mol. The van der Waals surface area contributed by atoms with E-state index in [2.05, 4.69) is 10.6 Å². The van der Waals surface area contributed by atoms with Crippen LogP contribution >= 0.6 is 11.6 Å². The van der Waals surface area contributed by atoms with Crippen molar-refractivity contribution in [2.75, 3.05) is 12.3 Å². The molecule has 0 aromatic heterocycles. The molecule has 2 atom stereocenters. The maximum Gasteiger partial charge on any atom is 0.235 e. The van der Waals surface area contributed by atoms with Crippen molar-refractivity contribution in [3.63, 3.8) is 0 Å². The second kappa shape index (κ2) is 6.77. The van der Waals surface area contributed by atoms with Crippen molar-refractivity contribution in [2.45, 2.75) is 36.7 Å². The quantitative estimate of drug-likeness (QED) is 0.874. The van der Waals surface area contributed by atoms with Gasteiger partial charge in [0, 0.05) is 17.1 Å². The van der Waals surface area contributed by atoms with Gasteiger partial charge in [0.05, 0.1) is 4.90 Å². The summed E-state index contributed by atoms with van der Waals surface area (Å²) in [5.41, 5.74) is 0. The molecule has 1 amide bonds. The van der Waals surface area contributed by atoms with Gasteiger partial charge in [-0.15, -0.1) is 0 Å². The van der Waals surface area contributed by atoms with Crippen molar-refractivity contribution >= 4 is 27.3 Å². The third-order valence-corrected chi connectivity index (χ3v) is 5.49. The van der Waals surface area contributed by atoms with Crippen LogP contribution in [-0.4, -0.2) is 38.7 Å². The first-order valence-electron chi connectivity index (χ1n) is 6.89. The number of halogens is 1. The summed E-state index contributed by atoms with van der Waals surface area (Å²) in [7, 11) is -3.64. The van der Waals surface area contributed by atoms with Gasteiger partial charge in [-0.05, 0) is 50.6 Å². The Bertz CT molecular complexity index is 601. The zero-order valence-electron chi connectivity index (χ0n) is 11.8. The van der Waals surface area contributed by atoms with Gasteiger partial charge in [-0.2, -0.15) is 0 Å². The van der Waals surface area contributed by atoms with Crippen LogP contribution in [0.4, 0.5) is 0 Å². The van der Waals surface area contributed by atoms with Gasteiger partial charge < -0.3 is 10.6 Å². The lowest BCUT2D eigenvalue weighted by atomic mass is 10.00. The fraction of sp³-hybridized carbons (Fsp3) is 0.500. The number of carbonyl (C=O) groups is 1. The van der Waals surface area contributed by atoms with Gasteiger partial charge in [-0.3, -0.25) is 4.79 Å². The highest BCUT2D eigenvalue weighted by Gasteiger charge is 2.25. The molecule has 1 aliphatic rings. The van der Waals surface area contributed by atoms with Crippen molar-refractivity contribution in [2.24, 2.45) is 0 Å². The minimum Gasteiger partial charge on any atom is -0.351 e. The summed E-state index contributed by atoms with van der Waals surface area (Å²) in [6, 6.07) is 5.96. The first-order chi connectivity index (χ1) is 9.88. The number of hydrogen-bond donors (Lipinski definition) is 2. The Morgan fingerprint density at radius 2 is 2.05 bits per heavy atom. The van der Waals surface area contributed by atoms with Crippen LogP contribution in [0.3, 0.4) is 0 Å². The van der Waals surface area contributed by atoms with E-state index in [0.29, 0.717) is 5.02 Å². The number of carbonyl (C=O) groups excluding carboxylic acids is 1. The lowest BCUT2D eigenvalue weighted by molar-refractivity contribution is -0.119. The van der Waals surface area contributed by atoms with Crippen LogP contribution in [0.25, 0.3) is 0 Å². The molecule has 2 unspecified atom stereocenters. The van der Waals surface area contributed by atoms with Gasteiger partial charge in [-0.25, -0.2) is 8.42 Å². The van der Waals surface area contributed by atoms with E-state index in [0.717, 1.165) is 19.4 Å². The molecule has 1 aromatic carbocycles. The summed E-state index contributed by atoms with van der Waals surface area (Å²) in [6.07, 6.45) is 1.83. The number of benzene rings is 1. The van der Waals surface area contributed by atoms with E-state index in [1.807, 2.05) is 6.92 Å². The molecule has 0 aliphatic carbocycles. The number of nitrogens with one attached hydrogen (secondary N) is 2. The topological polar surface area (TPSA) is 75.3 Å². The first kappa shape index (κ1) is 16.3. The fourth-order valence-electron chi connectivity index (χ4n) is 2.39. The second-order valence-electron chi connectivity index (χ2n) is 5.27. The second-order valence-corrected chi connectivity index (χ2v) is 7.70. The largest absolute Gasteiger partial charge is 0.351 e. The minimum atomic E-state index is -3.64. The van der Waals surface area contributed by atoms with Crippen LogP contribution in [0.5, 0.6) is 0 Å². The number of sulfone groups is 1. The average Bonchev–Trinajstić information content (AvgIpc) is 2.41. The van der Waals surface area contributed by atoms with Crippen molar-refractivity contribution < 1.29 is 13.2 Å². The van der Waals surface area contributed by atoms with E-state index in [9.17, 15) is 13.2 Å². The molecule has 2 N–H and O–H groups in total. The van der Waals surface area contributed by atoms with Gasteiger partial charge in [0.25, 0.3) is 0 Å². The summed E-state index contributed by atoms with van der Waals surface area (Å²) in [6.45, 7) is 2.91. The van der Waals surface area contributed by atoms with E-state index in [-0.39, 0.29) is 17.0 Å². The van der Waals surface area contributed by atoms with Gasteiger partial charge in [0.2, 0.25) is 5.91 Å². The van der Waals surface area contributed by atoms with E-state index in [4.69, 9.17) is 11.6 Å². The first-order valence-corrected chi connectivity index (χ1v) is 8.92. The number of hydrogen-bond acceptors (Lipinski definition) is 4. The minimum absolute atomic E-state index is 0.0216. The molecular weight excluding hydrogens is 312 g/mol. The third kappa shape index (κ3) is 4.43. The molecule has 2 rings (SSSR count). The monoisotopic (exact) mass is 330 g/mol. The SMILES string of the molecule is CC1NCCCC1NC(=O)CS(=O)(=O)c1ccc(Cl)cc1. The molecule has 116 valence electrons. The van der Waals surface area contributed by atoms with Gasteiger partial charge in [0.15, 0.2) is 9.84 Å². The van der Waals surface area contributed by atoms with Gasteiger partial charge in [-0.1, -0.05) is 11.6 Å². The number of rotatable bonds is 4. The zero-order chi connectivity index (χ0) is 15.5. The lowest BCUT2D eigenvalue weighted by Crippen LogP contribution is -2.52. The standard InChI is InChI=1S/C14H19ClN2O3S/c1-10-13(3-2-8-16-10)17-14(18)9-21(19,20)12-6-4-11(15)5-7-12/h4-7,10,13,16H,2-3,8-9H2,1H3,(H,17,18). The number of amides is 1. The highest BCUT2D eigenvalue weighted by molar-refractivity contribution is 7.92. The van der Waals surface area contributed by atoms with Gasteiger partial charge in [0.1, 0.15) is 5.75 Å². The Labute approximate surface area is 130 Å². The van der Waals surface area contributed by atoms with Crippen LogP contribution in [0.15, 0.2) is 29.2 Å². The molecule has 5 nitrogen and oxygen atoms in total.